The van der Waals surface area contributed by atoms with Gasteiger partial charge < -0.3 is 19.1 Å². The van der Waals surface area contributed by atoms with E-state index in [2.05, 4.69) is 4.90 Å². The summed E-state index contributed by atoms with van der Waals surface area (Å²) in [4.78, 5) is 28.5. The number of halogens is 1. The maximum atomic E-state index is 13.0. The molecule has 132 valence electrons. The fraction of sp³-hybridized carbons (Fsp3) is 0.333. The third-order valence-electron chi connectivity index (χ3n) is 4.40. The zero-order valence-corrected chi connectivity index (χ0v) is 14.2. The molecule has 1 saturated heterocycles. The summed E-state index contributed by atoms with van der Waals surface area (Å²) >= 11 is 0. The summed E-state index contributed by atoms with van der Waals surface area (Å²) in [5.41, 5.74) is 0.959. The van der Waals surface area contributed by atoms with Crippen LogP contribution in [0.1, 0.15) is 10.5 Å². The van der Waals surface area contributed by atoms with Gasteiger partial charge in [0.1, 0.15) is 11.5 Å². The zero-order chi connectivity index (χ0) is 18.0. The van der Waals surface area contributed by atoms with Crippen molar-refractivity contribution in [1.82, 2.24) is 9.47 Å². The lowest BCUT2D eigenvalue weighted by Gasteiger charge is -2.36. The molecule has 1 aromatic carbocycles. The van der Waals surface area contributed by atoms with Gasteiger partial charge in [-0.15, -0.1) is 0 Å². The van der Waals surface area contributed by atoms with Crippen LogP contribution in [0.15, 0.2) is 41.3 Å². The highest BCUT2D eigenvalue weighted by Crippen LogP contribution is 2.18. The van der Waals surface area contributed by atoms with Crippen LogP contribution >= 0.6 is 0 Å². The van der Waals surface area contributed by atoms with Gasteiger partial charge in [0.2, 0.25) is 5.43 Å². The molecule has 0 atom stereocenters. The molecule has 1 aromatic heterocycles. The standard InChI is InChI=1S/C18H20FN3O3/c1-20-12-17(25-2)16(23)11-15(20)18(24)22-9-7-21(8-10-22)14-5-3-13(19)4-6-14/h3-6,11-12H,7-10H2,1-2H3. The maximum absolute atomic E-state index is 13.0. The smallest absolute Gasteiger partial charge is 0.270 e. The molecule has 1 amide bonds. The predicted octanol–water partition coefficient (Wildman–Crippen LogP) is 1.50. The number of ether oxygens (including phenoxy) is 1. The van der Waals surface area contributed by atoms with Gasteiger partial charge in [0.15, 0.2) is 5.75 Å². The molecule has 2 aromatic rings. The van der Waals surface area contributed by atoms with Gasteiger partial charge in [-0.05, 0) is 24.3 Å². The van der Waals surface area contributed by atoms with Gasteiger partial charge in [0.25, 0.3) is 5.91 Å². The predicted molar refractivity (Wildman–Crippen MR) is 92.8 cm³/mol. The molecule has 1 aliphatic heterocycles. The second-order valence-corrected chi connectivity index (χ2v) is 5.96. The number of benzene rings is 1. The number of aryl methyl sites for hydroxylation is 1. The summed E-state index contributed by atoms with van der Waals surface area (Å²) in [5.74, 6) is -0.237. The molecular weight excluding hydrogens is 325 g/mol. The summed E-state index contributed by atoms with van der Waals surface area (Å²) in [6.07, 6.45) is 1.52. The van der Waals surface area contributed by atoms with E-state index in [1.54, 1.807) is 28.6 Å². The number of amides is 1. The monoisotopic (exact) mass is 345 g/mol. The minimum absolute atomic E-state index is 0.180. The second-order valence-electron chi connectivity index (χ2n) is 5.96. The lowest BCUT2D eigenvalue weighted by molar-refractivity contribution is 0.0736. The highest BCUT2D eigenvalue weighted by Gasteiger charge is 2.24. The summed E-state index contributed by atoms with van der Waals surface area (Å²) in [5, 5.41) is 0. The van der Waals surface area contributed by atoms with Gasteiger partial charge in [-0.3, -0.25) is 9.59 Å². The summed E-state index contributed by atoms with van der Waals surface area (Å²) in [6.45, 7) is 2.38. The van der Waals surface area contributed by atoms with Crippen molar-refractivity contribution >= 4 is 11.6 Å². The van der Waals surface area contributed by atoms with Crippen LogP contribution in [0.2, 0.25) is 0 Å². The van der Waals surface area contributed by atoms with Crippen LogP contribution in [-0.4, -0.2) is 48.7 Å². The number of carbonyl (C=O) groups excluding carboxylic acids is 1. The van der Waals surface area contributed by atoms with Crippen LogP contribution in [0.3, 0.4) is 0 Å². The third kappa shape index (κ3) is 3.50. The maximum Gasteiger partial charge on any atom is 0.270 e. The van der Waals surface area contributed by atoms with E-state index >= 15 is 0 Å². The van der Waals surface area contributed by atoms with Gasteiger partial charge in [-0.1, -0.05) is 0 Å². The zero-order valence-electron chi connectivity index (χ0n) is 14.2. The van der Waals surface area contributed by atoms with E-state index in [0.717, 1.165) is 5.69 Å². The molecule has 0 radical (unpaired) electrons. The van der Waals surface area contributed by atoms with Crippen molar-refractivity contribution in [3.05, 3.63) is 58.3 Å². The van der Waals surface area contributed by atoms with E-state index in [1.165, 1.54) is 31.5 Å². The van der Waals surface area contributed by atoms with Crippen LogP contribution in [-0.2, 0) is 7.05 Å². The van der Waals surface area contributed by atoms with Crippen molar-refractivity contribution in [2.45, 2.75) is 0 Å². The Bertz CT molecular complexity index is 824. The second kappa shape index (κ2) is 6.96. The Morgan fingerprint density at radius 1 is 1.12 bits per heavy atom. The molecule has 0 unspecified atom stereocenters. The number of nitrogens with zero attached hydrogens (tertiary/aromatic N) is 3. The minimum Gasteiger partial charge on any atom is -0.491 e. The van der Waals surface area contributed by atoms with Crippen molar-refractivity contribution in [2.24, 2.45) is 7.05 Å². The lowest BCUT2D eigenvalue weighted by atomic mass is 10.2. The molecule has 0 spiro atoms. The number of aromatic nitrogens is 1. The van der Waals surface area contributed by atoms with Crippen molar-refractivity contribution < 1.29 is 13.9 Å². The number of methoxy groups -OCH3 is 1. The Balaban J connectivity index is 1.70. The molecule has 25 heavy (non-hydrogen) atoms. The molecule has 3 rings (SSSR count). The van der Waals surface area contributed by atoms with Crippen molar-refractivity contribution in [3.8, 4) is 5.75 Å². The lowest BCUT2D eigenvalue weighted by Crippen LogP contribution is -2.49. The minimum atomic E-state index is -0.311. The number of pyridine rings is 1. The van der Waals surface area contributed by atoms with E-state index in [1.807, 2.05) is 0 Å². The summed E-state index contributed by atoms with van der Waals surface area (Å²) in [7, 11) is 3.14. The van der Waals surface area contributed by atoms with Crippen molar-refractivity contribution in [2.75, 3.05) is 38.2 Å². The molecule has 6 nitrogen and oxygen atoms in total. The van der Waals surface area contributed by atoms with Crippen molar-refractivity contribution in [1.29, 1.82) is 0 Å². The van der Waals surface area contributed by atoms with Crippen LogP contribution in [0.25, 0.3) is 0 Å². The normalized spacial score (nSPS) is 14.5. The number of piperazine rings is 1. The number of hydrogen-bond donors (Lipinski definition) is 0. The molecule has 7 heteroatoms. The van der Waals surface area contributed by atoms with Crippen LogP contribution in [0, 0.1) is 5.82 Å². The highest BCUT2D eigenvalue weighted by atomic mass is 19.1. The first-order valence-corrected chi connectivity index (χ1v) is 8.04. The average Bonchev–Trinajstić information content (AvgIpc) is 2.63. The van der Waals surface area contributed by atoms with E-state index in [-0.39, 0.29) is 22.9 Å². The first-order chi connectivity index (χ1) is 12.0. The molecule has 1 fully saturated rings. The Kier molecular flexibility index (Phi) is 4.74. The van der Waals surface area contributed by atoms with Crippen LogP contribution in [0.5, 0.6) is 5.75 Å². The van der Waals surface area contributed by atoms with Crippen molar-refractivity contribution in [3.63, 3.8) is 0 Å². The molecule has 0 saturated carbocycles. The van der Waals surface area contributed by atoms with Crippen LogP contribution in [0.4, 0.5) is 10.1 Å². The molecular formula is C18H20FN3O3. The molecule has 0 aliphatic carbocycles. The highest BCUT2D eigenvalue weighted by molar-refractivity contribution is 5.92. The molecule has 2 heterocycles. The van der Waals surface area contributed by atoms with Gasteiger partial charge in [0, 0.05) is 45.0 Å². The topological polar surface area (TPSA) is 54.8 Å². The van der Waals surface area contributed by atoms with E-state index in [4.69, 9.17) is 4.74 Å². The number of hydrogen-bond acceptors (Lipinski definition) is 4. The average molecular weight is 345 g/mol. The molecule has 0 bridgehead atoms. The Morgan fingerprint density at radius 3 is 2.36 bits per heavy atom. The number of anilines is 1. The first kappa shape index (κ1) is 17.0. The van der Waals surface area contributed by atoms with E-state index in [9.17, 15) is 14.0 Å². The number of rotatable bonds is 3. The molecule has 0 N–H and O–H groups in total. The van der Waals surface area contributed by atoms with Crippen LogP contribution < -0.4 is 15.1 Å². The van der Waals surface area contributed by atoms with Gasteiger partial charge in [-0.2, -0.15) is 0 Å². The van der Waals surface area contributed by atoms with E-state index < -0.39 is 0 Å². The summed E-state index contributed by atoms with van der Waals surface area (Å²) in [6, 6.07) is 7.65. The largest absolute Gasteiger partial charge is 0.491 e. The van der Waals surface area contributed by atoms with Gasteiger partial charge in [0.05, 0.1) is 13.3 Å². The SMILES string of the molecule is COc1cn(C)c(C(=O)N2CCN(c3ccc(F)cc3)CC2)cc1=O. The Labute approximate surface area is 145 Å². The molecule has 1 aliphatic rings. The fourth-order valence-corrected chi connectivity index (χ4v) is 2.95. The quantitative estimate of drug-likeness (QED) is 0.846. The number of carbonyl (C=O) groups is 1. The third-order valence-corrected chi connectivity index (χ3v) is 4.40. The van der Waals surface area contributed by atoms with E-state index in [0.29, 0.717) is 31.9 Å². The Morgan fingerprint density at radius 2 is 1.76 bits per heavy atom. The fourth-order valence-electron chi connectivity index (χ4n) is 2.95. The first-order valence-electron chi connectivity index (χ1n) is 8.04. The van der Waals surface area contributed by atoms with Gasteiger partial charge in [-0.25, -0.2) is 4.39 Å². The van der Waals surface area contributed by atoms with Gasteiger partial charge >= 0.3 is 0 Å². The Hall–Kier alpha value is -2.83. The summed E-state index contributed by atoms with van der Waals surface area (Å²) < 4.78 is 19.6.